The summed E-state index contributed by atoms with van der Waals surface area (Å²) in [4.78, 5) is 73.2. The highest BCUT2D eigenvalue weighted by Gasteiger charge is 2.30. The van der Waals surface area contributed by atoms with Gasteiger partial charge in [-0.1, -0.05) is 387 Å². The Bertz CT molecular complexity index is 2120. The van der Waals surface area contributed by atoms with Crippen molar-refractivity contribution in [3.63, 3.8) is 0 Å². The zero-order chi connectivity index (χ0) is 77.8. The van der Waals surface area contributed by atoms with E-state index >= 15 is 0 Å². The van der Waals surface area contributed by atoms with Gasteiger partial charge < -0.3 is 33.8 Å². The monoisotopic (exact) mass is 1550 g/mol. The van der Waals surface area contributed by atoms with Crippen molar-refractivity contribution in [3.8, 4) is 0 Å². The van der Waals surface area contributed by atoms with E-state index < -0.39 is 97.5 Å². The number of carbonyl (C=O) groups is 4. The molecule has 5 atom stereocenters. The molecule has 0 saturated heterocycles. The summed E-state index contributed by atoms with van der Waals surface area (Å²) in [5, 5.41) is 10.7. The van der Waals surface area contributed by atoms with Crippen LogP contribution < -0.4 is 0 Å². The maximum Gasteiger partial charge on any atom is 0.472 e. The molecule has 0 spiro atoms. The van der Waals surface area contributed by atoms with Crippen molar-refractivity contribution in [1.29, 1.82) is 0 Å². The number of phosphoric acid groups is 2. The minimum Gasteiger partial charge on any atom is -0.462 e. The highest BCUT2D eigenvalue weighted by atomic mass is 31.2. The van der Waals surface area contributed by atoms with E-state index in [2.05, 4.69) is 65.8 Å². The third-order valence-electron chi connectivity index (χ3n) is 19.8. The molecular formula is C87H166O17P2. The Hall–Kier alpha value is -2.46. The summed E-state index contributed by atoms with van der Waals surface area (Å²) in [7, 11) is -9.94. The lowest BCUT2D eigenvalue weighted by Gasteiger charge is -2.21. The van der Waals surface area contributed by atoms with Gasteiger partial charge >= 0.3 is 39.5 Å². The SMILES string of the molecule is CCCCCC/C=C\C=C/CCCCCCCC(=O)O[C@H](COC(=O)CCCCCCCCCCC(C)C)COP(=O)(O)OC[C@H](O)COP(=O)(O)OC[C@@H](COC(=O)CCCCCCCCCCCCCCCCCC(C)C)OC(=O)CCCCCCCCCCCCCCCCCCCCCCCC. The quantitative estimate of drug-likeness (QED) is 0.0169. The third kappa shape index (κ3) is 79.6. The van der Waals surface area contributed by atoms with Crippen LogP contribution in [0.5, 0.6) is 0 Å². The number of hydrogen-bond donors (Lipinski definition) is 3. The van der Waals surface area contributed by atoms with Crippen LogP contribution in [-0.4, -0.2) is 96.7 Å². The van der Waals surface area contributed by atoms with Crippen molar-refractivity contribution in [2.24, 2.45) is 11.8 Å². The number of aliphatic hydroxyl groups is 1. The van der Waals surface area contributed by atoms with Gasteiger partial charge in [-0.25, -0.2) is 9.13 Å². The molecule has 3 N–H and O–H groups in total. The van der Waals surface area contributed by atoms with Gasteiger partial charge in [-0.3, -0.25) is 37.3 Å². The fourth-order valence-corrected chi connectivity index (χ4v) is 14.6. The smallest absolute Gasteiger partial charge is 0.462 e. The highest BCUT2D eigenvalue weighted by Crippen LogP contribution is 2.45. The van der Waals surface area contributed by atoms with Crippen molar-refractivity contribution in [1.82, 2.24) is 0 Å². The second-order valence-corrected chi connectivity index (χ2v) is 34.5. The molecule has 626 valence electrons. The molecule has 0 saturated carbocycles. The predicted molar refractivity (Wildman–Crippen MR) is 437 cm³/mol. The molecule has 0 aromatic heterocycles. The van der Waals surface area contributed by atoms with E-state index in [0.717, 1.165) is 121 Å². The number of ether oxygens (including phenoxy) is 4. The zero-order valence-corrected chi connectivity index (χ0v) is 71.0. The summed E-state index contributed by atoms with van der Waals surface area (Å²) in [6.07, 6.45) is 73.2. The van der Waals surface area contributed by atoms with Gasteiger partial charge in [-0.05, 0) is 63.2 Å². The van der Waals surface area contributed by atoms with E-state index in [9.17, 15) is 43.2 Å². The molecule has 0 aromatic rings. The summed E-state index contributed by atoms with van der Waals surface area (Å²) < 4.78 is 68.9. The Morgan fingerprint density at radius 2 is 0.509 bits per heavy atom. The van der Waals surface area contributed by atoms with E-state index in [0.29, 0.717) is 25.7 Å². The Labute approximate surface area is 650 Å². The molecule has 0 aliphatic carbocycles. The molecule has 106 heavy (non-hydrogen) atoms. The van der Waals surface area contributed by atoms with Gasteiger partial charge in [0.2, 0.25) is 0 Å². The van der Waals surface area contributed by atoms with Gasteiger partial charge in [-0.15, -0.1) is 0 Å². The molecule has 19 heteroatoms. The topological polar surface area (TPSA) is 237 Å². The summed E-state index contributed by atoms with van der Waals surface area (Å²) in [6, 6.07) is 0. The average molecular weight is 1550 g/mol. The summed E-state index contributed by atoms with van der Waals surface area (Å²) in [5.74, 6) is -0.605. The maximum absolute atomic E-state index is 13.2. The molecule has 0 heterocycles. The van der Waals surface area contributed by atoms with Crippen molar-refractivity contribution < 1.29 is 80.2 Å². The van der Waals surface area contributed by atoms with Crippen LogP contribution in [0.3, 0.4) is 0 Å². The fraction of sp³-hybridized carbons (Fsp3) is 0.908. The van der Waals surface area contributed by atoms with Gasteiger partial charge in [0, 0.05) is 25.7 Å². The maximum atomic E-state index is 13.2. The van der Waals surface area contributed by atoms with Gasteiger partial charge in [0.25, 0.3) is 0 Å². The van der Waals surface area contributed by atoms with Crippen LogP contribution >= 0.6 is 15.6 Å². The highest BCUT2D eigenvalue weighted by molar-refractivity contribution is 7.47. The second kappa shape index (κ2) is 77.8. The lowest BCUT2D eigenvalue weighted by atomic mass is 10.0. The molecule has 0 bridgehead atoms. The number of hydrogen-bond acceptors (Lipinski definition) is 15. The summed E-state index contributed by atoms with van der Waals surface area (Å²) in [5.41, 5.74) is 0. The first kappa shape index (κ1) is 104. The van der Waals surface area contributed by atoms with Crippen molar-refractivity contribution >= 4 is 39.5 Å². The van der Waals surface area contributed by atoms with Crippen molar-refractivity contribution in [3.05, 3.63) is 24.3 Å². The number of allylic oxidation sites excluding steroid dienone is 4. The number of phosphoric ester groups is 2. The van der Waals surface area contributed by atoms with Crippen LogP contribution in [0.4, 0.5) is 0 Å². The van der Waals surface area contributed by atoms with Crippen LogP contribution in [0.15, 0.2) is 24.3 Å². The predicted octanol–water partition coefficient (Wildman–Crippen LogP) is 26.2. The Kier molecular flexibility index (Phi) is 76.0. The third-order valence-corrected chi connectivity index (χ3v) is 21.7. The van der Waals surface area contributed by atoms with E-state index in [1.54, 1.807) is 0 Å². The zero-order valence-electron chi connectivity index (χ0n) is 69.2. The molecule has 0 aromatic carbocycles. The minimum absolute atomic E-state index is 0.0848. The van der Waals surface area contributed by atoms with E-state index in [4.69, 9.17) is 37.0 Å². The number of carbonyl (C=O) groups excluding carboxylic acids is 4. The van der Waals surface area contributed by atoms with Crippen LogP contribution in [0.1, 0.15) is 440 Å². The number of rotatable bonds is 84. The Balaban J connectivity index is 5.26. The summed E-state index contributed by atoms with van der Waals surface area (Å²) >= 11 is 0. The van der Waals surface area contributed by atoms with Crippen LogP contribution in [0.2, 0.25) is 0 Å². The number of unbranched alkanes of at least 4 members (excludes halogenated alkanes) is 51. The molecule has 0 aliphatic rings. The standard InChI is InChI=1S/C87H166O17P2/c1-7-9-11-13-15-17-19-21-23-24-25-26-27-28-29-33-38-42-46-54-60-66-72-86(91)103-82(75-97-84(89)69-63-57-51-44-40-36-34-30-32-35-39-43-49-55-61-67-79(3)4)77-101-105(93,94)99-73-81(88)74-100-106(95,96)102-78-83(76-98-85(90)70-64-58-52-48-47-50-56-62-68-80(5)6)104-87(92)71-65-59-53-45-41-37-31-22-20-18-16-14-12-10-8-2/h18,20,22,31,79-83,88H,7-17,19,21,23-30,32-78H2,1-6H3,(H,93,94)(H,95,96)/b20-18-,31-22-/t81-,82-,83-/m1/s1. The van der Waals surface area contributed by atoms with Crippen molar-refractivity contribution in [2.45, 2.75) is 458 Å². The Morgan fingerprint density at radius 3 is 0.774 bits per heavy atom. The van der Waals surface area contributed by atoms with Gasteiger partial charge in [0.05, 0.1) is 26.4 Å². The van der Waals surface area contributed by atoms with E-state index in [1.165, 1.54) is 238 Å². The van der Waals surface area contributed by atoms with E-state index in [-0.39, 0.29) is 25.7 Å². The van der Waals surface area contributed by atoms with Crippen LogP contribution in [0, 0.1) is 11.8 Å². The van der Waals surface area contributed by atoms with Gasteiger partial charge in [0.1, 0.15) is 19.3 Å². The molecule has 0 aliphatic heterocycles. The van der Waals surface area contributed by atoms with Gasteiger partial charge in [-0.2, -0.15) is 0 Å². The number of esters is 4. The van der Waals surface area contributed by atoms with Gasteiger partial charge in [0.15, 0.2) is 12.2 Å². The lowest BCUT2D eigenvalue weighted by Crippen LogP contribution is -2.30. The molecule has 0 radical (unpaired) electrons. The second-order valence-electron chi connectivity index (χ2n) is 31.5. The summed E-state index contributed by atoms with van der Waals surface area (Å²) in [6.45, 7) is 9.59. The number of aliphatic hydroxyl groups excluding tert-OH is 1. The first-order valence-electron chi connectivity index (χ1n) is 44.3. The van der Waals surface area contributed by atoms with E-state index in [1.807, 2.05) is 0 Å². The van der Waals surface area contributed by atoms with Crippen LogP contribution in [0.25, 0.3) is 0 Å². The molecule has 17 nitrogen and oxygen atoms in total. The first-order valence-corrected chi connectivity index (χ1v) is 47.3. The first-order chi connectivity index (χ1) is 51.4. The molecule has 0 rings (SSSR count). The largest absolute Gasteiger partial charge is 0.472 e. The van der Waals surface area contributed by atoms with Crippen molar-refractivity contribution in [2.75, 3.05) is 39.6 Å². The molecule has 2 unspecified atom stereocenters. The molecule has 0 fully saturated rings. The Morgan fingerprint density at radius 1 is 0.292 bits per heavy atom. The fourth-order valence-electron chi connectivity index (χ4n) is 13.1. The van der Waals surface area contributed by atoms with Crippen LogP contribution in [-0.2, 0) is 65.4 Å². The normalized spacial score (nSPS) is 14.0. The molecule has 0 amide bonds. The molecular weight excluding hydrogens is 1380 g/mol. The lowest BCUT2D eigenvalue weighted by molar-refractivity contribution is -0.161. The minimum atomic E-state index is -4.97. The average Bonchev–Trinajstić information content (AvgIpc) is 0.902.